The number of carboxylic acid groups (broad SMARTS) is 1. The molecule has 1 rings (SSSR count). The van der Waals surface area contributed by atoms with Crippen molar-refractivity contribution >= 4 is 15.8 Å². The van der Waals surface area contributed by atoms with Crippen LogP contribution in [0, 0.1) is 5.92 Å². The first kappa shape index (κ1) is 13.4. The number of hydrogen-bond donors (Lipinski definition) is 1. The summed E-state index contributed by atoms with van der Waals surface area (Å²) in [6.07, 6.45) is 1.06. The van der Waals surface area contributed by atoms with Crippen LogP contribution in [0.3, 0.4) is 0 Å². The number of rotatable bonds is 5. The van der Waals surface area contributed by atoms with Gasteiger partial charge in [-0.05, 0) is 5.92 Å². The molecular formula is C10H19NO4S. The van der Waals surface area contributed by atoms with E-state index in [4.69, 9.17) is 0 Å². The molecule has 6 heteroatoms. The van der Waals surface area contributed by atoms with Crippen molar-refractivity contribution in [2.24, 2.45) is 5.92 Å². The minimum Gasteiger partial charge on any atom is -0.544 e. The molecule has 0 radical (unpaired) electrons. The number of sulfone groups is 1. The van der Waals surface area contributed by atoms with Crippen molar-refractivity contribution in [2.45, 2.75) is 38.8 Å². The van der Waals surface area contributed by atoms with Gasteiger partial charge in [-0.3, -0.25) is 0 Å². The second kappa shape index (κ2) is 5.14. The third kappa shape index (κ3) is 4.09. The lowest BCUT2D eigenvalue weighted by molar-refractivity contribution is -0.711. The monoisotopic (exact) mass is 249 g/mol. The third-order valence-electron chi connectivity index (χ3n) is 2.80. The lowest BCUT2D eigenvalue weighted by Gasteiger charge is -2.21. The fourth-order valence-corrected chi connectivity index (χ4v) is 3.82. The molecular weight excluding hydrogens is 230 g/mol. The van der Waals surface area contributed by atoms with Crippen LogP contribution in [-0.4, -0.2) is 38.0 Å². The minimum atomic E-state index is -2.94. The zero-order chi connectivity index (χ0) is 12.3. The van der Waals surface area contributed by atoms with Crippen molar-refractivity contribution in [1.82, 2.24) is 0 Å². The minimum absolute atomic E-state index is 0.0921. The van der Waals surface area contributed by atoms with Crippen LogP contribution in [0.4, 0.5) is 0 Å². The topological polar surface area (TPSA) is 90.9 Å². The van der Waals surface area contributed by atoms with E-state index in [1.54, 1.807) is 5.32 Å². The van der Waals surface area contributed by atoms with Crippen molar-refractivity contribution in [2.75, 3.05) is 11.5 Å². The standard InChI is InChI=1S/C10H19NO4S/c1-7(2)5-9(10(12)13)11-8-3-4-16(14,15)6-8/h7-9,11H,3-6H2,1-2H3,(H,12,13)/t8-,9+/m0/s1. The first-order valence-electron chi connectivity index (χ1n) is 5.56. The molecule has 0 spiro atoms. The molecule has 0 aliphatic carbocycles. The summed E-state index contributed by atoms with van der Waals surface area (Å²) in [5.74, 6) is -0.569. The van der Waals surface area contributed by atoms with Gasteiger partial charge >= 0.3 is 0 Å². The number of aliphatic carboxylic acids is 1. The van der Waals surface area contributed by atoms with Gasteiger partial charge in [-0.1, -0.05) is 13.8 Å². The van der Waals surface area contributed by atoms with Gasteiger partial charge in [0.25, 0.3) is 0 Å². The molecule has 2 N–H and O–H groups in total. The molecule has 5 nitrogen and oxygen atoms in total. The van der Waals surface area contributed by atoms with E-state index in [9.17, 15) is 18.3 Å². The smallest absolute Gasteiger partial charge is 0.156 e. The van der Waals surface area contributed by atoms with Crippen molar-refractivity contribution < 1.29 is 23.6 Å². The van der Waals surface area contributed by atoms with Crippen LogP contribution in [0.1, 0.15) is 26.7 Å². The van der Waals surface area contributed by atoms with E-state index in [-0.39, 0.29) is 23.5 Å². The van der Waals surface area contributed by atoms with Gasteiger partial charge in [-0.15, -0.1) is 0 Å². The number of hydrogen-bond acceptors (Lipinski definition) is 4. The summed E-state index contributed by atoms with van der Waals surface area (Å²) in [4.78, 5) is 10.9. The Hall–Kier alpha value is -0.620. The third-order valence-corrected chi connectivity index (χ3v) is 4.59. The fraction of sp³-hybridized carbons (Fsp3) is 0.900. The molecule has 0 aromatic heterocycles. The zero-order valence-corrected chi connectivity index (χ0v) is 10.5. The second-order valence-corrected chi connectivity index (χ2v) is 7.14. The molecule has 2 atom stereocenters. The molecule has 0 aromatic rings. The number of quaternary nitrogens is 1. The van der Waals surface area contributed by atoms with E-state index >= 15 is 0 Å². The molecule has 1 heterocycles. The summed E-state index contributed by atoms with van der Waals surface area (Å²) in [7, 11) is -2.94. The van der Waals surface area contributed by atoms with Crippen LogP contribution >= 0.6 is 0 Å². The molecule has 0 aromatic carbocycles. The number of nitrogens with two attached hydrogens (primary N) is 1. The van der Waals surface area contributed by atoms with Crippen LogP contribution in [0.5, 0.6) is 0 Å². The second-order valence-electron chi connectivity index (χ2n) is 4.91. The molecule has 16 heavy (non-hydrogen) atoms. The number of carbonyl (C=O) groups excluding carboxylic acids is 1. The maximum Gasteiger partial charge on any atom is 0.156 e. The lowest BCUT2D eigenvalue weighted by Crippen LogP contribution is -2.98. The Bertz CT molecular complexity index is 350. The van der Waals surface area contributed by atoms with Crippen LogP contribution in [0.15, 0.2) is 0 Å². The SMILES string of the molecule is CC(C)C[C@@H]([NH2+][C@H]1CCS(=O)(=O)C1)C(=O)[O-]. The number of carboxylic acids is 1. The summed E-state index contributed by atoms with van der Waals surface area (Å²) in [5.41, 5.74) is 0. The molecule has 94 valence electrons. The highest BCUT2D eigenvalue weighted by Crippen LogP contribution is 2.09. The molecule has 0 unspecified atom stereocenters. The predicted octanol–water partition coefficient (Wildman–Crippen LogP) is -2.10. The van der Waals surface area contributed by atoms with Gasteiger partial charge in [-0.2, -0.15) is 0 Å². The molecule has 1 aliphatic heterocycles. The van der Waals surface area contributed by atoms with E-state index in [1.165, 1.54) is 0 Å². The van der Waals surface area contributed by atoms with E-state index in [0.29, 0.717) is 12.8 Å². The lowest BCUT2D eigenvalue weighted by atomic mass is 10.0. The maximum atomic E-state index is 11.2. The highest BCUT2D eigenvalue weighted by Gasteiger charge is 2.32. The first-order chi connectivity index (χ1) is 7.30. The maximum absolute atomic E-state index is 11.2. The van der Waals surface area contributed by atoms with Gasteiger partial charge in [0, 0.05) is 12.8 Å². The Morgan fingerprint density at radius 2 is 2.12 bits per heavy atom. The Labute approximate surface area is 96.1 Å². The highest BCUT2D eigenvalue weighted by molar-refractivity contribution is 7.91. The predicted molar refractivity (Wildman–Crippen MR) is 57.2 cm³/mol. The molecule has 0 saturated carbocycles. The highest BCUT2D eigenvalue weighted by atomic mass is 32.2. The largest absolute Gasteiger partial charge is 0.544 e. The summed E-state index contributed by atoms with van der Waals surface area (Å²) < 4.78 is 22.5. The van der Waals surface area contributed by atoms with Crippen molar-refractivity contribution in [3.63, 3.8) is 0 Å². The quantitative estimate of drug-likeness (QED) is 0.604. The van der Waals surface area contributed by atoms with Crippen molar-refractivity contribution in [3.8, 4) is 0 Å². The first-order valence-corrected chi connectivity index (χ1v) is 7.38. The average molecular weight is 249 g/mol. The summed E-state index contributed by atoms with van der Waals surface area (Å²) in [6.45, 7) is 3.88. The van der Waals surface area contributed by atoms with Gasteiger partial charge in [0.2, 0.25) is 0 Å². The number of carbonyl (C=O) groups is 1. The molecule has 1 fully saturated rings. The summed E-state index contributed by atoms with van der Waals surface area (Å²) in [5, 5.41) is 12.5. The average Bonchev–Trinajstić information content (AvgIpc) is 2.43. The van der Waals surface area contributed by atoms with Crippen LogP contribution in [0.2, 0.25) is 0 Å². The van der Waals surface area contributed by atoms with Crippen LogP contribution in [0.25, 0.3) is 0 Å². The van der Waals surface area contributed by atoms with E-state index in [1.807, 2.05) is 13.8 Å². The van der Waals surface area contributed by atoms with Crippen LogP contribution in [-0.2, 0) is 14.6 Å². The zero-order valence-electron chi connectivity index (χ0n) is 9.68. The summed E-state index contributed by atoms with van der Waals surface area (Å²) >= 11 is 0. The van der Waals surface area contributed by atoms with E-state index in [0.717, 1.165) is 0 Å². The Morgan fingerprint density at radius 1 is 1.50 bits per heavy atom. The van der Waals surface area contributed by atoms with Gasteiger partial charge in [0.15, 0.2) is 9.84 Å². The molecule has 1 aliphatic rings. The Kier molecular flexibility index (Phi) is 4.32. The summed E-state index contributed by atoms with van der Waals surface area (Å²) in [6, 6.07) is -0.745. The normalized spacial score (nSPS) is 25.8. The molecule has 0 amide bonds. The van der Waals surface area contributed by atoms with Gasteiger partial charge in [0.05, 0.1) is 11.7 Å². The van der Waals surface area contributed by atoms with Crippen molar-refractivity contribution in [3.05, 3.63) is 0 Å². The van der Waals surface area contributed by atoms with Gasteiger partial charge in [0.1, 0.15) is 17.8 Å². The van der Waals surface area contributed by atoms with Gasteiger partial charge < -0.3 is 15.2 Å². The van der Waals surface area contributed by atoms with Crippen LogP contribution < -0.4 is 10.4 Å². The van der Waals surface area contributed by atoms with Crippen molar-refractivity contribution in [1.29, 1.82) is 0 Å². The fourth-order valence-electron chi connectivity index (χ4n) is 2.07. The Balaban J connectivity index is 2.53. The molecule has 1 saturated heterocycles. The van der Waals surface area contributed by atoms with E-state index in [2.05, 4.69) is 0 Å². The van der Waals surface area contributed by atoms with Gasteiger partial charge in [-0.25, -0.2) is 8.42 Å². The molecule has 0 bridgehead atoms. The Morgan fingerprint density at radius 3 is 2.50 bits per heavy atom. The van der Waals surface area contributed by atoms with E-state index < -0.39 is 21.8 Å².